The summed E-state index contributed by atoms with van der Waals surface area (Å²) in [6, 6.07) is 12.4. The van der Waals surface area contributed by atoms with Crippen LogP contribution in [0.5, 0.6) is 0 Å². The van der Waals surface area contributed by atoms with Crippen molar-refractivity contribution in [2.45, 2.75) is 33.1 Å². The van der Waals surface area contributed by atoms with E-state index in [-0.39, 0.29) is 0 Å². The van der Waals surface area contributed by atoms with Crippen LogP contribution in [0.3, 0.4) is 0 Å². The van der Waals surface area contributed by atoms with Gasteiger partial charge in [-0.2, -0.15) is 9.61 Å². The Morgan fingerprint density at radius 1 is 1.12 bits per heavy atom. The molecule has 2 aromatic heterocycles. The molecule has 0 fully saturated rings. The standard InChI is InChI=1S/C21H29N5/c1-4-5-14-25(3)15-8-12-22-21-16-19(18-10-7-6-9-17(18)2)24-20-11-13-23-26(20)21/h6-7,9-11,13,16,22H,4-5,8,12,14-15H2,1-3H3. The largest absolute Gasteiger partial charge is 0.370 e. The molecule has 0 saturated heterocycles. The van der Waals surface area contributed by atoms with Crippen LogP contribution >= 0.6 is 0 Å². The quantitative estimate of drug-likeness (QED) is 0.586. The van der Waals surface area contributed by atoms with Crippen molar-refractivity contribution in [2.75, 3.05) is 32.0 Å². The first-order valence-corrected chi connectivity index (χ1v) is 9.52. The zero-order valence-electron chi connectivity index (χ0n) is 16.1. The molecule has 0 unspecified atom stereocenters. The SMILES string of the molecule is CCCCN(C)CCCNc1cc(-c2ccccc2C)nc2ccnn12. The molecule has 0 aliphatic carbocycles. The second kappa shape index (κ2) is 8.81. The number of unbranched alkanes of at least 4 members (excludes halogenated alkanes) is 1. The van der Waals surface area contributed by atoms with Crippen molar-refractivity contribution in [1.82, 2.24) is 19.5 Å². The van der Waals surface area contributed by atoms with E-state index in [1.54, 1.807) is 6.20 Å². The maximum absolute atomic E-state index is 4.77. The Kier molecular flexibility index (Phi) is 6.23. The van der Waals surface area contributed by atoms with Gasteiger partial charge in [0.25, 0.3) is 0 Å². The molecule has 3 rings (SSSR count). The minimum absolute atomic E-state index is 0.869. The minimum atomic E-state index is 0.869. The summed E-state index contributed by atoms with van der Waals surface area (Å²) in [5, 5.41) is 7.96. The molecule has 2 heterocycles. The number of hydrogen-bond donors (Lipinski definition) is 1. The van der Waals surface area contributed by atoms with Crippen LogP contribution in [0.2, 0.25) is 0 Å². The average Bonchev–Trinajstić information content (AvgIpc) is 3.12. The van der Waals surface area contributed by atoms with Crippen LogP contribution in [-0.4, -0.2) is 46.2 Å². The summed E-state index contributed by atoms with van der Waals surface area (Å²) in [6.07, 6.45) is 5.42. The number of aryl methyl sites for hydroxylation is 1. The van der Waals surface area contributed by atoms with Gasteiger partial charge in [0, 0.05) is 24.2 Å². The van der Waals surface area contributed by atoms with E-state index in [2.05, 4.69) is 66.5 Å². The lowest BCUT2D eigenvalue weighted by Gasteiger charge is -2.16. The number of benzene rings is 1. The van der Waals surface area contributed by atoms with Gasteiger partial charge >= 0.3 is 0 Å². The molecular formula is C21H29N5. The third kappa shape index (κ3) is 4.41. The van der Waals surface area contributed by atoms with Gasteiger partial charge in [-0.05, 0) is 45.5 Å². The lowest BCUT2D eigenvalue weighted by atomic mass is 10.1. The first-order chi connectivity index (χ1) is 12.7. The van der Waals surface area contributed by atoms with Crippen molar-refractivity contribution < 1.29 is 0 Å². The van der Waals surface area contributed by atoms with Crippen molar-refractivity contribution in [3.05, 3.63) is 48.2 Å². The van der Waals surface area contributed by atoms with Gasteiger partial charge in [-0.25, -0.2) is 4.98 Å². The fourth-order valence-corrected chi connectivity index (χ4v) is 3.14. The number of nitrogens with zero attached hydrogens (tertiary/aromatic N) is 4. The van der Waals surface area contributed by atoms with Crippen LogP contribution in [0.1, 0.15) is 31.7 Å². The fraction of sp³-hybridized carbons (Fsp3) is 0.429. The number of fused-ring (bicyclic) bond motifs is 1. The summed E-state index contributed by atoms with van der Waals surface area (Å²) in [7, 11) is 2.20. The Morgan fingerprint density at radius 3 is 2.73 bits per heavy atom. The number of anilines is 1. The van der Waals surface area contributed by atoms with E-state index >= 15 is 0 Å². The summed E-state index contributed by atoms with van der Waals surface area (Å²) < 4.78 is 1.88. The zero-order chi connectivity index (χ0) is 18.4. The highest BCUT2D eigenvalue weighted by molar-refractivity contribution is 5.69. The molecule has 0 spiro atoms. The van der Waals surface area contributed by atoms with E-state index in [1.807, 2.05) is 10.6 Å². The van der Waals surface area contributed by atoms with Crippen LogP contribution in [0.4, 0.5) is 5.82 Å². The van der Waals surface area contributed by atoms with Gasteiger partial charge < -0.3 is 10.2 Å². The molecule has 26 heavy (non-hydrogen) atoms. The van der Waals surface area contributed by atoms with Gasteiger partial charge in [0.2, 0.25) is 0 Å². The van der Waals surface area contributed by atoms with Gasteiger partial charge in [0.1, 0.15) is 5.82 Å². The highest BCUT2D eigenvalue weighted by Crippen LogP contribution is 2.24. The molecular weight excluding hydrogens is 322 g/mol. The van der Waals surface area contributed by atoms with E-state index in [9.17, 15) is 0 Å². The highest BCUT2D eigenvalue weighted by Gasteiger charge is 2.09. The first-order valence-electron chi connectivity index (χ1n) is 9.52. The van der Waals surface area contributed by atoms with Crippen molar-refractivity contribution in [3.63, 3.8) is 0 Å². The molecule has 0 saturated carbocycles. The van der Waals surface area contributed by atoms with E-state index < -0.39 is 0 Å². The number of nitrogens with one attached hydrogen (secondary N) is 1. The molecule has 5 nitrogen and oxygen atoms in total. The predicted molar refractivity (Wildman–Crippen MR) is 109 cm³/mol. The van der Waals surface area contributed by atoms with Gasteiger partial charge in [0.05, 0.1) is 11.9 Å². The van der Waals surface area contributed by atoms with Crippen molar-refractivity contribution in [3.8, 4) is 11.3 Å². The average molecular weight is 351 g/mol. The smallest absolute Gasteiger partial charge is 0.157 e. The van der Waals surface area contributed by atoms with E-state index in [4.69, 9.17) is 4.98 Å². The Bertz CT molecular complexity index is 839. The van der Waals surface area contributed by atoms with Gasteiger partial charge in [-0.1, -0.05) is 37.6 Å². The second-order valence-corrected chi connectivity index (χ2v) is 6.88. The fourth-order valence-electron chi connectivity index (χ4n) is 3.14. The Hall–Kier alpha value is -2.40. The van der Waals surface area contributed by atoms with Crippen LogP contribution in [0.25, 0.3) is 16.9 Å². The summed E-state index contributed by atoms with van der Waals surface area (Å²) in [6.45, 7) is 7.55. The number of hydrogen-bond acceptors (Lipinski definition) is 4. The number of aromatic nitrogens is 3. The van der Waals surface area contributed by atoms with Crippen molar-refractivity contribution >= 4 is 11.5 Å². The van der Waals surface area contributed by atoms with Crippen molar-refractivity contribution in [2.24, 2.45) is 0 Å². The maximum atomic E-state index is 4.77. The number of rotatable bonds is 9. The molecule has 5 heteroatoms. The van der Waals surface area contributed by atoms with Gasteiger partial charge in [-0.15, -0.1) is 0 Å². The van der Waals surface area contributed by atoms with Crippen LogP contribution < -0.4 is 5.32 Å². The molecule has 0 radical (unpaired) electrons. The highest BCUT2D eigenvalue weighted by atomic mass is 15.3. The molecule has 0 amide bonds. The lowest BCUT2D eigenvalue weighted by Crippen LogP contribution is -2.23. The molecule has 0 aliphatic rings. The van der Waals surface area contributed by atoms with Crippen LogP contribution in [0, 0.1) is 6.92 Å². The van der Waals surface area contributed by atoms with E-state index in [0.717, 1.165) is 36.7 Å². The third-order valence-electron chi connectivity index (χ3n) is 4.70. The molecule has 138 valence electrons. The summed E-state index contributed by atoms with van der Waals surface area (Å²) in [5.41, 5.74) is 4.25. The molecule has 0 bridgehead atoms. The topological polar surface area (TPSA) is 45.5 Å². The molecule has 1 N–H and O–H groups in total. The van der Waals surface area contributed by atoms with Crippen LogP contribution in [-0.2, 0) is 0 Å². The lowest BCUT2D eigenvalue weighted by molar-refractivity contribution is 0.327. The summed E-state index contributed by atoms with van der Waals surface area (Å²) in [4.78, 5) is 7.17. The third-order valence-corrected chi connectivity index (χ3v) is 4.70. The van der Waals surface area contributed by atoms with Gasteiger partial charge in [-0.3, -0.25) is 0 Å². The molecule has 3 aromatic rings. The predicted octanol–water partition coefficient (Wildman–Crippen LogP) is 4.24. The van der Waals surface area contributed by atoms with E-state index in [0.29, 0.717) is 0 Å². The minimum Gasteiger partial charge on any atom is -0.370 e. The Balaban J connectivity index is 1.72. The summed E-state index contributed by atoms with van der Waals surface area (Å²) in [5.74, 6) is 0.995. The first kappa shape index (κ1) is 18.4. The monoisotopic (exact) mass is 351 g/mol. The molecule has 0 atom stereocenters. The molecule has 1 aromatic carbocycles. The van der Waals surface area contributed by atoms with Crippen molar-refractivity contribution in [1.29, 1.82) is 0 Å². The van der Waals surface area contributed by atoms with E-state index in [1.165, 1.54) is 30.5 Å². The second-order valence-electron chi connectivity index (χ2n) is 6.88. The normalized spacial score (nSPS) is 11.4. The van der Waals surface area contributed by atoms with Crippen LogP contribution in [0.15, 0.2) is 42.6 Å². The van der Waals surface area contributed by atoms with Gasteiger partial charge in [0.15, 0.2) is 5.65 Å². The maximum Gasteiger partial charge on any atom is 0.157 e. The Morgan fingerprint density at radius 2 is 1.92 bits per heavy atom. The summed E-state index contributed by atoms with van der Waals surface area (Å²) >= 11 is 0. The Labute approximate surface area is 156 Å². The zero-order valence-corrected chi connectivity index (χ0v) is 16.1. The molecule has 0 aliphatic heterocycles.